The summed E-state index contributed by atoms with van der Waals surface area (Å²) < 4.78 is 37.9. The van der Waals surface area contributed by atoms with Gasteiger partial charge in [-0.1, -0.05) is 18.2 Å². The van der Waals surface area contributed by atoms with Crippen LogP contribution in [0.4, 0.5) is 11.4 Å². The number of benzene rings is 2. The molecule has 29 heavy (non-hydrogen) atoms. The average molecular weight is 416 g/mol. The van der Waals surface area contributed by atoms with E-state index in [1.54, 1.807) is 30.0 Å². The van der Waals surface area contributed by atoms with E-state index in [0.29, 0.717) is 30.4 Å². The highest BCUT2D eigenvalue weighted by Gasteiger charge is 2.34. The molecule has 4 rings (SSSR count). The number of carbonyl (C=O) groups is 1. The van der Waals surface area contributed by atoms with Crippen LogP contribution in [-0.2, 0) is 21.2 Å². The first kappa shape index (κ1) is 19.6. The molecule has 1 atom stereocenters. The van der Waals surface area contributed by atoms with Crippen molar-refractivity contribution in [1.82, 2.24) is 0 Å². The number of anilines is 2. The van der Waals surface area contributed by atoms with Crippen molar-refractivity contribution in [3.63, 3.8) is 0 Å². The topological polar surface area (TPSA) is 76.2 Å². The molecule has 0 fully saturated rings. The Morgan fingerprint density at radius 1 is 1.14 bits per heavy atom. The van der Waals surface area contributed by atoms with Gasteiger partial charge in [-0.25, -0.2) is 8.42 Å². The Morgan fingerprint density at radius 2 is 1.86 bits per heavy atom. The van der Waals surface area contributed by atoms with Gasteiger partial charge in [0, 0.05) is 17.8 Å². The minimum Gasteiger partial charge on any atom is -0.486 e. The minimum absolute atomic E-state index is 0.0219. The predicted octanol–water partition coefficient (Wildman–Crippen LogP) is 2.59. The van der Waals surface area contributed by atoms with Gasteiger partial charge in [-0.2, -0.15) is 0 Å². The molecule has 2 heterocycles. The van der Waals surface area contributed by atoms with Crippen LogP contribution in [0.3, 0.4) is 0 Å². The van der Waals surface area contributed by atoms with Gasteiger partial charge in [0.25, 0.3) is 0 Å². The minimum atomic E-state index is -3.67. The normalized spacial score (nSPS) is 17.7. The van der Waals surface area contributed by atoms with Crippen molar-refractivity contribution in [2.45, 2.75) is 26.3 Å². The first-order valence-corrected chi connectivity index (χ1v) is 11.3. The number of hydrogen-bond donors (Lipinski definition) is 0. The second kappa shape index (κ2) is 7.59. The number of hydrogen-bond acceptors (Lipinski definition) is 5. The number of para-hydroxylation sites is 1. The van der Waals surface area contributed by atoms with Gasteiger partial charge in [0.2, 0.25) is 15.9 Å². The van der Waals surface area contributed by atoms with Crippen LogP contribution in [0.2, 0.25) is 0 Å². The van der Waals surface area contributed by atoms with Crippen molar-refractivity contribution in [1.29, 1.82) is 0 Å². The van der Waals surface area contributed by atoms with Gasteiger partial charge in [0.15, 0.2) is 11.5 Å². The Kier molecular flexibility index (Phi) is 5.12. The Morgan fingerprint density at radius 3 is 2.62 bits per heavy atom. The smallest absolute Gasteiger partial charge is 0.248 e. The van der Waals surface area contributed by atoms with E-state index in [0.717, 1.165) is 17.7 Å². The van der Waals surface area contributed by atoms with Crippen LogP contribution in [0.1, 0.15) is 19.4 Å². The summed E-state index contributed by atoms with van der Waals surface area (Å²) in [5, 5.41) is 0. The monoisotopic (exact) mass is 416 g/mol. The molecule has 0 saturated heterocycles. The summed E-state index contributed by atoms with van der Waals surface area (Å²) in [4.78, 5) is 14.9. The molecule has 8 heteroatoms. The molecular formula is C21H24N2O5S. The SMILES string of the molecule is CCS(=O)(=O)N(CC(=O)N1c2ccccc2C[C@@H]1C)c1ccc2c(c1)OCCO2. The van der Waals surface area contributed by atoms with Gasteiger partial charge in [0.05, 0.1) is 11.4 Å². The number of ether oxygens (including phenoxy) is 2. The van der Waals surface area contributed by atoms with Crippen LogP contribution in [0.25, 0.3) is 0 Å². The molecule has 0 bridgehead atoms. The summed E-state index contributed by atoms with van der Waals surface area (Å²) in [6, 6.07) is 12.7. The van der Waals surface area contributed by atoms with E-state index in [-0.39, 0.29) is 24.2 Å². The molecular weight excluding hydrogens is 392 g/mol. The predicted molar refractivity (Wildman–Crippen MR) is 111 cm³/mol. The number of sulfonamides is 1. The lowest BCUT2D eigenvalue weighted by molar-refractivity contribution is -0.117. The van der Waals surface area contributed by atoms with Crippen LogP contribution in [0.15, 0.2) is 42.5 Å². The molecule has 0 saturated carbocycles. The molecule has 0 aromatic heterocycles. The fourth-order valence-electron chi connectivity index (χ4n) is 3.84. The van der Waals surface area contributed by atoms with E-state index in [1.807, 2.05) is 31.2 Å². The molecule has 0 radical (unpaired) electrons. The van der Waals surface area contributed by atoms with Gasteiger partial charge >= 0.3 is 0 Å². The maximum Gasteiger partial charge on any atom is 0.248 e. The lowest BCUT2D eigenvalue weighted by atomic mass is 10.1. The Balaban J connectivity index is 1.66. The van der Waals surface area contributed by atoms with Crippen LogP contribution in [0.5, 0.6) is 11.5 Å². The first-order chi connectivity index (χ1) is 13.9. The van der Waals surface area contributed by atoms with Crippen LogP contribution in [0, 0.1) is 0 Å². The highest BCUT2D eigenvalue weighted by atomic mass is 32.2. The molecule has 1 amide bonds. The number of amides is 1. The fraction of sp³-hybridized carbons (Fsp3) is 0.381. The molecule has 2 aromatic rings. The average Bonchev–Trinajstić information content (AvgIpc) is 3.07. The second-order valence-corrected chi connectivity index (χ2v) is 9.36. The van der Waals surface area contributed by atoms with Gasteiger partial charge in [-0.15, -0.1) is 0 Å². The maximum absolute atomic E-state index is 13.2. The lowest BCUT2D eigenvalue weighted by Crippen LogP contribution is -2.45. The third kappa shape index (κ3) is 3.64. The summed E-state index contributed by atoms with van der Waals surface area (Å²) in [5.74, 6) is 0.690. The number of rotatable bonds is 5. The van der Waals surface area contributed by atoms with Crippen molar-refractivity contribution in [3.8, 4) is 11.5 Å². The van der Waals surface area contributed by atoms with Gasteiger partial charge in [0.1, 0.15) is 19.8 Å². The van der Waals surface area contributed by atoms with Crippen LogP contribution < -0.4 is 18.7 Å². The van der Waals surface area contributed by atoms with Gasteiger partial charge < -0.3 is 14.4 Å². The zero-order valence-electron chi connectivity index (χ0n) is 16.5. The number of carbonyl (C=O) groups excluding carboxylic acids is 1. The summed E-state index contributed by atoms with van der Waals surface area (Å²) in [7, 11) is -3.67. The third-order valence-electron chi connectivity index (χ3n) is 5.27. The standard InChI is InChI=1S/C21H24N2O5S/c1-3-29(25,26)22(17-8-9-19-20(13-17)28-11-10-27-19)14-21(24)23-15(2)12-16-6-4-5-7-18(16)23/h4-9,13,15H,3,10-12,14H2,1-2H3/t15-/m0/s1. The molecule has 0 spiro atoms. The van der Waals surface area contributed by atoms with Crippen LogP contribution >= 0.6 is 0 Å². The van der Waals surface area contributed by atoms with Crippen molar-refractivity contribution in [2.75, 3.05) is 34.7 Å². The van der Waals surface area contributed by atoms with Crippen LogP contribution in [-0.4, -0.2) is 45.9 Å². The van der Waals surface area contributed by atoms with Crippen molar-refractivity contribution in [3.05, 3.63) is 48.0 Å². The van der Waals surface area contributed by atoms with Crippen molar-refractivity contribution >= 4 is 27.3 Å². The summed E-state index contributed by atoms with van der Waals surface area (Å²) in [5.41, 5.74) is 2.34. The molecule has 154 valence electrons. The van der Waals surface area contributed by atoms with E-state index in [2.05, 4.69) is 0 Å². The number of nitrogens with zero attached hydrogens (tertiary/aromatic N) is 2. The molecule has 7 nitrogen and oxygen atoms in total. The fourth-order valence-corrected chi connectivity index (χ4v) is 4.89. The quantitative estimate of drug-likeness (QED) is 0.749. The van der Waals surface area contributed by atoms with Gasteiger partial charge in [-0.05, 0) is 44.0 Å². The van der Waals surface area contributed by atoms with E-state index in [1.165, 1.54) is 4.31 Å². The Hall–Kier alpha value is -2.74. The van der Waals surface area contributed by atoms with Crippen molar-refractivity contribution < 1.29 is 22.7 Å². The van der Waals surface area contributed by atoms with E-state index >= 15 is 0 Å². The second-order valence-electron chi connectivity index (χ2n) is 7.18. The Labute approximate surface area is 170 Å². The molecule has 0 unspecified atom stereocenters. The summed E-state index contributed by atoms with van der Waals surface area (Å²) in [6.45, 7) is 4.12. The summed E-state index contributed by atoms with van der Waals surface area (Å²) in [6.07, 6.45) is 0.756. The van der Waals surface area contributed by atoms with E-state index in [9.17, 15) is 13.2 Å². The largest absolute Gasteiger partial charge is 0.486 e. The first-order valence-electron chi connectivity index (χ1n) is 9.70. The summed E-state index contributed by atoms with van der Waals surface area (Å²) >= 11 is 0. The van der Waals surface area contributed by atoms with E-state index in [4.69, 9.17) is 9.47 Å². The highest BCUT2D eigenvalue weighted by Crippen LogP contribution is 2.36. The highest BCUT2D eigenvalue weighted by molar-refractivity contribution is 7.92. The molecule has 0 N–H and O–H groups in total. The maximum atomic E-state index is 13.2. The number of fused-ring (bicyclic) bond motifs is 2. The molecule has 2 aliphatic rings. The zero-order chi connectivity index (χ0) is 20.6. The third-order valence-corrected chi connectivity index (χ3v) is 7.01. The molecule has 2 aromatic carbocycles. The van der Waals surface area contributed by atoms with Crippen molar-refractivity contribution in [2.24, 2.45) is 0 Å². The zero-order valence-corrected chi connectivity index (χ0v) is 17.3. The Bertz CT molecular complexity index is 1040. The van der Waals surface area contributed by atoms with Gasteiger partial charge in [-0.3, -0.25) is 9.10 Å². The van der Waals surface area contributed by atoms with E-state index < -0.39 is 10.0 Å². The lowest BCUT2D eigenvalue weighted by Gasteiger charge is -2.29. The molecule has 2 aliphatic heterocycles. The molecule has 0 aliphatic carbocycles.